The van der Waals surface area contributed by atoms with Crippen molar-refractivity contribution in [1.82, 2.24) is 5.32 Å². The van der Waals surface area contributed by atoms with Crippen LogP contribution in [0.5, 0.6) is 5.75 Å². The van der Waals surface area contributed by atoms with Crippen LogP contribution in [-0.2, 0) is 4.79 Å². The van der Waals surface area contributed by atoms with Gasteiger partial charge in [-0.25, -0.2) is 4.79 Å². The number of fused-ring (bicyclic) bond motifs is 1. The molecule has 0 aliphatic heterocycles. The van der Waals surface area contributed by atoms with E-state index < -0.39 is 17.9 Å². The molecule has 0 saturated carbocycles. The van der Waals surface area contributed by atoms with Gasteiger partial charge in [0.15, 0.2) is 0 Å². The topological polar surface area (TPSA) is 86.6 Å². The molecule has 5 nitrogen and oxygen atoms in total. The molecule has 21 heavy (non-hydrogen) atoms. The highest BCUT2D eigenvalue weighted by Gasteiger charge is 2.25. The van der Waals surface area contributed by atoms with Gasteiger partial charge in [-0.15, -0.1) is 0 Å². The second-order valence-electron chi connectivity index (χ2n) is 5.22. The first-order valence-electron chi connectivity index (χ1n) is 6.66. The maximum Gasteiger partial charge on any atom is 0.326 e. The van der Waals surface area contributed by atoms with Crippen molar-refractivity contribution >= 4 is 22.6 Å². The number of aliphatic carboxylic acids is 1. The monoisotopic (exact) mass is 287 g/mol. The zero-order valence-electron chi connectivity index (χ0n) is 11.8. The summed E-state index contributed by atoms with van der Waals surface area (Å²) in [6.07, 6.45) is 0. The van der Waals surface area contributed by atoms with E-state index in [2.05, 4.69) is 5.32 Å². The molecule has 0 radical (unpaired) electrons. The minimum Gasteiger partial charge on any atom is -0.506 e. The van der Waals surface area contributed by atoms with Gasteiger partial charge < -0.3 is 15.5 Å². The number of phenols is 1. The molecule has 2 rings (SSSR count). The van der Waals surface area contributed by atoms with Gasteiger partial charge >= 0.3 is 5.97 Å². The fourth-order valence-electron chi connectivity index (χ4n) is 2.17. The van der Waals surface area contributed by atoms with Crippen molar-refractivity contribution in [1.29, 1.82) is 0 Å². The van der Waals surface area contributed by atoms with Crippen LogP contribution >= 0.6 is 0 Å². The molecular formula is C16H17NO4. The molecule has 0 unspecified atom stereocenters. The second-order valence-corrected chi connectivity index (χ2v) is 5.22. The molecule has 1 amide bonds. The summed E-state index contributed by atoms with van der Waals surface area (Å²) in [6.45, 7) is 3.42. The Kier molecular flexibility index (Phi) is 4.12. The summed E-state index contributed by atoms with van der Waals surface area (Å²) in [4.78, 5) is 23.3. The van der Waals surface area contributed by atoms with Crippen LogP contribution < -0.4 is 5.32 Å². The maximum absolute atomic E-state index is 12.2. The Hall–Kier alpha value is -2.56. The lowest BCUT2D eigenvalue weighted by atomic mass is 10.0. The minimum absolute atomic E-state index is 0.0700. The Morgan fingerprint density at radius 1 is 1.10 bits per heavy atom. The maximum atomic E-state index is 12.2. The van der Waals surface area contributed by atoms with Gasteiger partial charge in [0.25, 0.3) is 5.91 Å². The summed E-state index contributed by atoms with van der Waals surface area (Å²) < 4.78 is 0. The third-order valence-electron chi connectivity index (χ3n) is 3.36. The molecule has 0 aliphatic rings. The van der Waals surface area contributed by atoms with E-state index in [1.807, 2.05) is 12.1 Å². The number of nitrogens with one attached hydrogen (secondary N) is 1. The smallest absolute Gasteiger partial charge is 0.326 e. The molecule has 2 aromatic carbocycles. The first-order chi connectivity index (χ1) is 9.91. The van der Waals surface area contributed by atoms with Crippen molar-refractivity contribution < 1.29 is 19.8 Å². The van der Waals surface area contributed by atoms with Gasteiger partial charge in [0.05, 0.1) is 5.56 Å². The first-order valence-corrected chi connectivity index (χ1v) is 6.66. The summed E-state index contributed by atoms with van der Waals surface area (Å²) >= 11 is 0. The van der Waals surface area contributed by atoms with E-state index in [9.17, 15) is 14.7 Å². The highest BCUT2D eigenvalue weighted by Crippen LogP contribution is 2.28. The van der Waals surface area contributed by atoms with Crippen LogP contribution in [0.15, 0.2) is 36.4 Å². The molecule has 0 saturated heterocycles. The van der Waals surface area contributed by atoms with Gasteiger partial charge in [-0.2, -0.15) is 0 Å². The van der Waals surface area contributed by atoms with E-state index in [4.69, 9.17) is 5.11 Å². The zero-order chi connectivity index (χ0) is 15.6. The number of carbonyl (C=O) groups is 2. The van der Waals surface area contributed by atoms with Gasteiger partial charge in [0.2, 0.25) is 0 Å². The largest absolute Gasteiger partial charge is 0.506 e. The quantitative estimate of drug-likeness (QED) is 0.805. The lowest BCUT2D eigenvalue weighted by Gasteiger charge is -2.18. The molecule has 0 aliphatic carbocycles. The van der Waals surface area contributed by atoms with Gasteiger partial charge in [-0.05, 0) is 17.4 Å². The van der Waals surface area contributed by atoms with E-state index in [-0.39, 0.29) is 17.2 Å². The highest BCUT2D eigenvalue weighted by molar-refractivity contribution is 6.04. The van der Waals surface area contributed by atoms with Crippen molar-refractivity contribution in [3.63, 3.8) is 0 Å². The van der Waals surface area contributed by atoms with Crippen LogP contribution in [0, 0.1) is 5.92 Å². The first kappa shape index (κ1) is 14.8. The Labute approximate surface area is 122 Å². The molecule has 5 heteroatoms. The van der Waals surface area contributed by atoms with Crippen LogP contribution in [0.3, 0.4) is 0 Å². The van der Waals surface area contributed by atoms with Crippen LogP contribution in [0.2, 0.25) is 0 Å². The molecule has 0 spiro atoms. The van der Waals surface area contributed by atoms with Crippen molar-refractivity contribution in [2.45, 2.75) is 19.9 Å². The van der Waals surface area contributed by atoms with E-state index >= 15 is 0 Å². The molecule has 0 heterocycles. The van der Waals surface area contributed by atoms with Gasteiger partial charge in [-0.3, -0.25) is 4.79 Å². The number of phenolic OH excluding ortho intramolecular Hbond substituents is 1. The van der Waals surface area contributed by atoms with Crippen LogP contribution in [-0.4, -0.2) is 28.1 Å². The summed E-state index contributed by atoms with van der Waals surface area (Å²) in [5.74, 6) is -2.09. The number of amides is 1. The Balaban J connectivity index is 2.35. The predicted molar refractivity (Wildman–Crippen MR) is 79.3 cm³/mol. The third-order valence-corrected chi connectivity index (χ3v) is 3.36. The summed E-state index contributed by atoms with van der Waals surface area (Å²) in [7, 11) is 0. The van der Waals surface area contributed by atoms with Crippen LogP contribution in [0.1, 0.15) is 24.2 Å². The normalized spacial score (nSPS) is 12.3. The van der Waals surface area contributed by atoms with Gasteiger partial charge in [0, 0.05) is 5.39 Å². The Morgan fingerprint density at radius 2 is 1.76 bits per heavy atom. The minimum atomic E-state index is -1.10. The number of rotatable bonds is 4. The van der Waals surface area contributed by atoms with Gasteiger partial charge in [-0.1, -0.05) is 44.2 Å². The summed E-state index contributed by atoms with van der Waals surface area (Å²) in [6, 6.07) is 9.34. The van der Waals surface area contributed by atoms with Crippen molar-refractivity contribution in [2.24, 2.45) is 5.92 Å². The molecule has 0 aromatic heterocycles. The standard InChI is InChI=1S/C16H17NO4/c1-9(2)13(16(20)21)17-15(19)12-8-7-10-5-3-4-6-11(10)14(12)18/h3-9,13,18H,1-2H3,(H,17,19)(H,20,21)/t13-/m1/s1. The molecular weight excluding hydrogens is 270 g/mol. The summed E-state index contributed by atoms with van der Waals surface area (Å²) in [5.41, 5.74) is 0.0700. The lowest BCUT2D eigenvalue weighted by molar-refractivity contribution is -0.140. The lowest BCUT2D eigenvalue weighted by Crippen LogP contribution is -2.44. The third kappa shape index (κ3) is 2.97. The van der Waals surface area contributed by atoms with Crippen LogP contribution in [0.4, 0.5) is 0 Å². The number of carboxylic acid groups (broad SMARTS) is 1. The number of aromatic hydroxyl groups is 1. The number of benzene rings is 2. The van der Waals surface area contributed by atoms with E-state index in [1.165, 1.54) is 6.07 Å². The average Bonchev–Trinajstić information content (AvgIpc) is 2.44. The molecule has 1 atom stereocenters. The van der Waals surface area contributed by atoms with Crippen molar-refractivity contribution in [3.05, 3.63) is 42.0 Å². The van der Waals surface area contributed by atoms with Crippen molar-refractivity contribution in [3.8, 4) is 5.75 Å². The van der Waals surface area contributed by atoms with E-state index in [0.29, 0.717) is 5.39 Å². The molecule has 3 N–H and O–H groups in total. The van der Waals surface area contributed by atoms with Crippen molar-refractivity contribution in [2.75, 3.05) is 0 Å². The molecule has 0 fully saturated rings. The zero-order valence-corrected chi connectivity index (χ0v) is 11.8. The average molecular weight is 287 g/mol. The Morgan fingerprint density at radius 3 is 2.38 bits per heavy atom. The fourth-order valence-corrected chi connectivity index (χ4v) is 2.17. The van der Waals surface area contributed by atoms with Crippen LogP contribution in [0.25, 0.3) is 10.8 Å². The van der Waals surface area contributed by atoms with Gasteiger partial charge in [0.1, 0.15) is 11.8 Å². The molecule has 110 valence electrons. The number of carbonyl (C=O) groups excluding carboxylic acids is 1. The molecule has 0 bridgehead atoms. The highest BCUT2D eigenvalue weighted by atomic mass is 16.4. The predicted octanol–water partition coefficient (Wildman–Crippen LogP) is 2.38. The second kappa shape index (κ2) is 5.83. The number of carboxylic acids is 1. The molecule has 2 aromatic rings. The number of hydrogen-bond acceptors (Lipinski definition) is 3. The Bertz CT molecular complexity index is 694. The van der Waals surface area contributed by atoms with E-state index in [0.717, 1.165) is 5.39 Å². The fraction of sp³-hybridized carbons (Fsp3) is 0.250. The van der Waals surface area contributed by atoms with E-state index in [1.54, 1.807) is 32.0 Å². The number of hydrogen-bond donors (Lipinski definition) is 3. The summed E-state index contributed by atoms with van der Waals surface area (Å²) in [5, 5.41) is 23.1. The SMILES string of the molecule is CC(C)[C@@H](NC(=O)c1ccc2ccccc2c1O)C(=O)O.